The van der Waals surface area contributed by atoms with Crippen molar-refractivity contribution < 1.29 is 4.39 Å². The molecule has 2 rings (SSSR count). The predicted molar refractivity (Wildman–Crippen MR) is 66.0 cm³/mol. The van der Waals surface area contributed by atoms with E-state index in [1.54, 1.807) is 18.2 Å². The van der Waals surface area contributed by atoms with Crippen molar-refractivity contribution in [3.63, 3.8) is 0 Å². The molecule has 88 valence electrons. The molecule has 1 aromatic carbocycles. The molecule has 1 aliphatic heterocycles. The Labute approximate surface area is 105 Å². The Balaban J connectivity index is 2.18. The lowest BCUT2D eigenvalue weighted by Crippen LogP contribution is -2.37. The van der Waals surface area contributed by atoms with Gasteiger partial charge >= 0.3 is 0 Å². The lowest BCUT2D eigenvalue weighted by Gasteiger charge is -2.27. The number of piperidine rings is 1. The molecule has 1 nitrogen and oxygen atoms in total. The summed E-state index contributed by atoms with van der Waals surface area (Å²) in [4.78, 5) is 0. The highest BCUT2D eigenvalue weighted by atomic mass is 35.5. The number of nitrogens with one attached hydrogen (secondary N) is 1. The molecule has 0 saturated carbocycles. The van der Waals surface area contributed by atoms with Gasteiger partial charge in [0.05, 0.1) is 0 Å². The molecule has 4 heteroatoms. The quantitative estimate of drug-likeness (QED) is 0.844. The maximum absolute atomic E-state index is 14.3. The van der Waals surface area contributed by atoms with Crippen LogP contribution in [-0.2, 0) is 0 Å². The van der Waals surface area contributed by atoms with E-state index >= 15 is 0 Å². The third kappa shape index (κ3) is 2.68. The van der Waals surface area contributed by atoms with E-state index in [2.05, 4.69) is 5.32 Å². The Morgan fingerprint density at radius 3 is 2.81 bits per heavy atom. The fourth-order valence-corrected chi connectivity index (χ4v) is 2.47. The SMILES string of the molecule is FC(c1cc(Cl)ccc1Cl)C1CCCCN1. The third-order valence-electron chi connectivity index (χ3n) is 2.96. The number of hydrogen-bond donors (Lipinski definition) is 1. The first-order valence-electron chi connectivity index (χ1n) is 5.51. The third-order valence-corrected chi connectivity index (χ3v) is 3.54. The van der Waals surface area contributed by atoms with Crippen LogP contribution in [0.4, 0.5) is 4.39 Å². The molecule has 2 atom stereocenters. The lowest BCUT2D eigenvalue weighted by atomic mass is 9.96. The largest absolute Gasteiger partial charge is 0.311 e. The van der Waals surface area contributed by atoms with Gasteiger partial charge in [-0.1, -0.05) is 29.6 Å². The van der Waals surface area contributed by atoms with Gasteiger partial charge in [-0.2, -0.15) is 0 Å². The Morgan fingerprint density at radius 1 is 1.31 bits per heavy atom. The van der Waals surface area contributed by atoms with E-state index in [4.69, 9.17) is 23.2 Å². The smallest absolute Gasteiger partial charge is 0.142 e. The van der Waals surface area contributed by atoms with Crippen molar-refractivity contribution in [1.29, 1.82) is 0 Å². The van der Waals surface area contributed by atoms with E-state index in [0.29, 0.717) is 15.6 Å². The summed E-state index contributed by atoms with van der Waals surface area (Å²) < 4.78 is 14.3. The van der Waals surface area contributed by atoms with Crippen molar-refractivity contribution in [1.82, 2.24) is 5.32 Å². The van der Waals surface area contributed by atoms with Gasteiger partial charge < -0.3 is 5.32 Å². The van der Waals surface area contributed by atoms with Gasteiger partial charge in [0.25, 0.3) is 0 Å². The zero-order valence-electron chi connectivity index (χ0n) is 8.85. The van der Waals surface area contributed by atoms with Crippen LogP contribution in [0.3, 0.4) is 0 Å². The first-order chi connectivity index (χ1) is 7.68. The van der Waals surface area contributed by atoms with Crippen LogP contribution in [0.5, 0.6) is 0 Å². The summed E-state index contributed by atoms with van der Waals surface area (Å²) in [6, 6.07) is 4.80. The first-order valence-corrected chi connectivity index (χ1v) is 6.26. The topological polar surface area (TPSA) is 12.0 Å². The molecule has 0 aliphatic carbocycles. The molecule has 1 aliphatic rings. The number of halogens is 3. The van der Waals surface area contributed by atoms with Crippen LogP contribution < -0.4 is 5.32 Å². The van der Waals surface area contributed by atoms with Gasteiger partial charge in [0.15, 0.2) is 0 Å². The Morgan fingerprint density at radius 2 is 2.12 bits per heavy atom. The van der Waals surface area contributed by atoms with Crippen LogP contribution in [0.2, 0.25) is 10.0 Å². The second kappa shape index (κ2) is 5.35. The maximum atomic E-state index is 14.3. The normalized spacial score (nSPS) is 23.1. The van der Waals surface area contributed by atoms with Crippen LogP contribution in [0.15, 0.2) is 18.2 Å². The molecule has 0 bridgehead atoms. The molecule has 16 heavy (non-hydrogen) atoms. The first kappa shape index (κ1) is 12.2. The second-order valence-electron chi connectivity index (χ2n) is 4.12. The fraction of sp³-hybridized carbons (Fsp3) is 0.500. The van der Waals surface area contributed by atoms with Crippen molar-refractivity contribution in [2.75, 3.05) is 6.54 Å². The van der Waals surface area contributed by atoms with Gasteiger partial charge in [0.2, 0.25) is 0 Å². The number of benzene rings is 1. The van der Waals surface area contributed by atoms with Gasteiger partial charge in [-0.15, -0.1) is 0 Å². The molecule has 0 amide bonds. The minimum atomic E-state index is -1.08. The van der Waals surface area contributed by atoms with Gasteiger partial charge in [0, 0.05) is 21.7 Å². The predicted octanol–water partition coefficient (Wildman–Crippen LogP) is 4.15. The molecule has 0 aromatic heterocycles. The second-order valence-corrected chi connectivity index (χ2v) is 4.97. The number of rotatable bonds is 2. The van der Waals surface area contributed by atoms with Crippen molar-refractivity contribution in [3.8, 4) is 0 Å². The molecule has 1 N–H and O–H groups in total. The summed E-state index contributed by atoms with van der Waals surface area (Å²) in [5.74, 6) is 0. The Bertz CT molecular complexity index is 364. The molecule has 1 fully saturated rings. The van der Waals surface area contributed by atoms with Gasteiger partial charge in [-0.3, -0.25) is 0 Å². The molecular formula is C12H14Cl2FN. The Hall–Kier alpha value is -0.310. The average Bonchev–Trinajstić information content (AvgIpc) is 2.32. The van der Waals surface area contributed by atoms with Gasteiger partial charge in [-0.25, -0.2) is 4.39 Å². The zero-order chi connectivity index (χ0) is 11.5. The number of hydrogen-bond acceptors (Lipinski definition) is 1. The van der Waals surface area contributed by atoms with Crippen LogP contribution in [0.1, 0.15) is 31.0 Å². The van der Waals surface area contributed by atoms with Crippen molar-refractivity contribution >= 4 is 23.2 Å². The summed E-state index contributed by atoms with van der Waals surface area (Å²) in [5.41, 5.74) is 0.494. The summed E-state index contributed by atoms with van der Waals surface area (Å²) in [5, 5.41) is 4.16. The standard InChI is InChI=1S/C12H14Cl2FN/c13-8-4-5-10(14)9(7-8)12(15)11-3-1-2-6-16-11/h4-5,7,11-12,16H,1-3,6H2. The zero-order valence-corrected chi connectivity index (χ0v) is 10.4. The highest BCUT2D eigenvalue weighted by molar-refractivity contribution is 6.33. The van der Waals surface area contributed by atoms with Crippen molar-refractivity contribution in [2.45, 2.75) is 31.5 Å². The van der Waals surface area contributed by atoms with E-state index in [9.17, 15) is 4.39 Å². The summed E-state index contributed by atoms with van der Waals surface area (Å²) in [6.45, 7) is 0.878. The fourth-order valence-electron chi connectivity index (χ4n) is 2.07. The minimum Gasteiger partial charge on any atom is -0.311 e. The van der Waals surface area contributed by atoms with E-state index in [0.717, 1.165) is 25.8 Å². The van der Waals surface area contributed by atoms with Crippen LogP contribution >= 0.6 is 23.2 Å². The maximum Gasteiger partial charge on any atom is 0.142 e. The molecule has 1 heterocycles. The van der Waals surface area contributed by atoms with Crippen molar-refractivity contribution in [3.05, 3.63) is 33.8 Å². The summed E-state index contributed by atoms with van der Waals surface area (Å²) in [6.07, 6.45) is 1.96. The number of alkyl halides is 1. The molecule has 0 radical (unpaired) electrons. The van der Waals surface area contributed by atoms with Crippen LogP contribution in [0, 0.1) is 0 Å². The van der Waals surface area contributed by atoms with E-state index in [1.807, 2.05) is 0 Å². The molecule has 1 saturated heterocycles. The molecule has 2 unspecified atom stereocenters. The molecule has 1 aromatic rings. The van der Waals surface area contributed by atoms with Gasteiger partial charge in [-0.05, 0) is 37.6 Å². The van der Waals surface area contributed by atoms with E-state index in [1.165, 1.54) is 0 Å². The average molecular weight is 262 g/mol. The Kier molecular flexibility index (Phi) is 4.06. The van der Waals surface area contributed by atoms with E-state index in [-0.39, 0.29) is 6.04 Å². The van der Waals surface area contributed by atoms with Crippen LogP contribution in [0.25, 0.3) is 0 Å². The summed E-state index contributed by atoms with van der Waals surface area (Å²) >= 11 is 11.8. The minimum absolute atomic E-state index is 0.135. The van der Waals surface area contributed by atoms with Gasteiger partial charge in [0.1, 0.15) is 6.17 Å². The lowest BCUT2D eigenvalue weighted by molar-refractivity contribution is 0.221. The highest BCUT2D eigenvalue weighted by Gasteiger charge is 2.26. The van der Waals surface area contributed by atoms with E-state index < -0.39 is 6.17 Å². The van der Waals surface area contributed by atoms with Crippen molar-refractivity contribution in [2.24, 2.45) is 0 Å². The molecular weight excluding hydrogens is 248 g/mol. The monoisotopic (exact) mass is 261 g/mol. The highest BCUT2D eigenvalue weighted by Crippen LogP contribution is 2.33. The van der Waals surface area contributed by atoms with Crippen LogP contribution in [-0.4, -0.2) is 12.6 Å². The molecule has 0 spiro atoms. The summed E-state index contributed by atoms with van der Waals surface area (Å²) in [7, 11) is 0.